The van der Waals surface area contributed by atoms with E-state index >= 15 is 0 Å². The second-order valence-corrected chi connectivity index (χ2v) is 5.68. The molecular formula is C14H14N4OS. The van der Waals surface area contributed by atoms with Crippen LogP contribution in [0.2, 0.25) is 0 Å². The number of hydrogen-bond acceptors (Lipinski definition) is 4. The van der Waals surface area contributed by atoms with Crippen molar-refractivity contribution in [3.63, 3.8) is 0 Å². The van der Waals surface area contributed by atoms with Gasteiger partial charge >= 0.3 is 0 Å². The van der Waals surface area contributed by atoms with Crippen molar-refractivity contribution in [2.24, 2.45) is 0 Å². The summed E-state index contributed by atoms with van der Waals surface area (Å²) in [5, 5.41) is 11.0. The first-order valence-electron chi connectivity index (χ1n) is 6.25. The second kappa shape index (κ2) is 4.72. The molecule has 0 radical (unpaired) electrons. The molecule has 0 aliphatic rings. The lowest BCUT2D eigenvalue weighted by Gasteiger charge is -2.05. The number of amides is 1. The molecule has 1 N–H and O–H groups in total. The SMILES string of the molecule is Cc1cccc(NC(=O)c2sc3nnc(C)n3c2C)c1. The fourth-order valence-electron chi connectivity index (χ4n) is 2.18. The van der Waals surface area contributed by atoms with E-state index in [0.717, 1.165) is 27.7 Å². The van der Waals surface area contributed by atoms with Crippen molar-refractivity contribution in [3.05, 3.63) is 46.2 Å². The fraction of sp³-hybridized carbons (Fsp3) is 0.214. The zero-order valence-electron chi connectivity index (χ0n) is 11.5. The summed E-state index contributed by atoms with van der Waals surface area (Å²) in [6, 6.07) is 7.74. The number of aryl methyl sites for hydroxylation is 3. The highest BCUT2D eigenvalue weighted by molar-refractivity contribution is 7.19. The molecule has 5 nitrogen and oxygen atoms in total. The zero-order valence-corrected chi connectivity index (χ0v) is 12.3. The summed E-state index contributed by atoms with van der Waals surface area (Å²) in [4.78, 5) is 13.8. The first-order chi connectivity index (χ1) is 9.56. The third-order valence-corrected chi connectivity index (χ3v) is 4.27. The van der Waals surface area contributed by atoms with Gasteiger partial charge in [0, 0.05) is 11.4 Å². The van der Waals surface area contributed by atoms with E-state index in [0.29, 0.717) is 4.88 Å². The maximum absolute atomic E-state index is 12.4. The van der Waals surface area contributed by atoms with Gasteiger partial charge in [0.15, 0.2) is 0 Å². The van der Waals surface area contributed by atoms with Crippen molar-refractivity contribution in [3.8, 4) is 0 Å². The van der Waals surface area contributed by atoms with Gasteiger partial charge in [-0.3, -0.25) is 9.20 Å². The van der Waals surface area contributed by atoms with Gasteiger partial charge in [-0.25, -0.2) is 0 Å². The minimum absolute atomic E-state index is 0.108. The number of thiazole rings is 1. The number of anilines is 1. The number of carbonyl (C=O) groups is 1. The standard InChI is InChI=1S/C14H14N4OS/c1-8-5-4-6-11(7-8)15-13(19)12-9(2)18-10(3)16-17-14(18)20-12/h4-7H,1-3H3,(H,15,19). The van der Waals surface area contributed by atoms with Crippen LogP contribution in [0.1, 0.15) is 26.8 Å². The number of rotatable bonds is 2. The normalized spacial score (nSPS) is 10.9. The quantitative estimate of drug-likeness (QED) is 0.788. The van der Waals surface area contributed by atoms with Gasteiger partial charge in [-0.2, -0.15) is 0 Å². The van der Waals surface area contributed by atoms with Crippen LogP contribution in [0, 0.1) is 20.8 Å². The molecule has 0 aliphatic carbocycles. The molecular weight excluding hydrogens is 272 g/mol. The third-order valence-electron chi connectivity index (χ3n) is 3.13. The average Bonchev–Trinajstić information content (AvgIpc) is 2.91. The molecule has 3 aromatic rings. The largest absolute Gasteiger partial charge is 0.321 e. The number of nitrogens with one attached hydrogen (secondary N) is 1. The monoisotopic (exact) mass is 286 g/mol. The van der Waals surface area contributed by atoms with Crippen LogP contribution in [-0.4, -0.2) is 20.5 Å². The van der Waals surface area contributed by atoms with E-state index in [2.05, 4.69) is 15.5 Å². The molecule has 2 aromatic heterocycles. The first-order valence-corrected chi connectivity index (χ1v) is 7.07. The predicted molar refractivity (Wildman–Crippen MR) is 79.5 cm³/mol. The van der Waals surface area contributed by atoms with Crippen molar-refractivity contribution in [1.29, 1.82) is 0 Å². The summed E-state index contributed by atoms with van der Waals surface area (Å²) in [7, 11) is 0. The van der Waals surface area contributed by atoms with Crippen LogP contribution in [-0.2, 0) is 0 Å². The maximum Gasteiger partial charge on any atom is 0.267 e. The van der Waals surface area contributed by atoms with E-state index in [1.165, 1.54) is 11.3 Å². The fourth-order valence-corrected chi connectivity index (χ4v) is 3.19. The third kappa shape index (κ3) is 2.08. The molecule has 0 fully saturated rings. The van der Waals surface area contributed by atoms with Crippen LogP contribution in [0.4, 0.5) is 5.69 Å². The van der Waals surface area contributed by atoms with Gasteiger partial charge < -0.3 is 5.32 Å². The van der Waals surface area contributed by atoms with Crippen molar-refractivity contribution >= 4 is 27.9 Å². The number of aromatic nitrogens is 3. The van der Waals surface area contributed by atoms with Crippen LogP contribution >= 0.6 is 11.3 Å². The highest BCUT2D eigenvalue weighted by Gasteiger charge is 2.18. The maximum atomic E-state index is 12.4. The van der Waals surface area contributed by atoms with E-state index in [9.17, 15) is 4.79 Å². The van der Waals surface area contributed by atoms with E-state index < -0.39 is 0 Å². The summed E-state index contributed by atoms with van der Waals surface area (Å²) >= 11 is 1.35. The Hall–Kier alpha value is -2.21. The first kappa shape index (κ1) is 12.8. The molecule has 102 valence electrons. The van der Waals surface area contributed by atoms with Crippen LogP contribution in [0.15, 0.2) is 24.3 Å². The number of benzene rings is 1. The summed E-state index contributed by atoms with van der Waals surface area (Å²) in [5.41, 5.74) is 2.79. The van der Waals surface area contributed by atoms with Gasteiger partial charge in [0.1, 0.15) is 10.7 Å². The van der Waals surface area contributed by atoms with Gasteiger partial charge in [-0.1, -0.05) is 23.5 Å². The highest BCUT2D eigenvalue weighted by Crippen LogP contribution is 2.23. The summed E-state index contributed by atoms with van der Waals surface area (Å²) in [5.74, 6) is 0.686. The Labute approximate surface area is 120 Å². The molecule has 1 aromatic carbocycles. The van der Waals surface area contributed by atoms with Gasteiger partial charge in [-0.05, 0) is 38.5 Å². The van der Waals surface area contributed by atoms with Crippen molar-refractivity contribution in [1.82, 2.24) is 14.6 Å². The molecule has 0 unspecified atom stereocenters. The van der Waals surface area contributed by atoms with Crippen LogP contribution in [0.3, 0.4) is 0 Å². The van der Waals surface area contributed by atoms with Gasteiger partial charge in [0.2, 0.25) is 4.96 Å². The van der Waals surface area contributed by atoms with Crippen molar-refractivity contribution in [2.75, 3.05) is 5.32 Å². The Balaban J connectivity index is 1.94. The molecule has 0 atom stereocenters. The Kier molecular flexibility index (Phi) is 3.02. The molecule has 0 bridgehead atoms. The second-order valence-electron chi connectivity index (χ2n) is 4.71. The minimum Gasteiger partial charge on any atom is -0.321 e. The Bertz CT molecular complexity index is 803. The topological polar surface area (TPSA) is 59.3 Å². The molecule has 20 heavy (non-hydrogen) atoms. The Morgan fingerprint density at radius 3 is 2.75 bits per heavy atom. The summed E-state index contributed by atoms with van der Waals surface area (Å²) < 4.78 is 1.90. The molecule has 1 amide bonds. The van der Waals surface area contributed by atoms with E-state index in [-0.39, 0.29) is 5.91 Å². The molecule has 0 spiro atoms. The lowest BCUT2D eigenvalue weighted by atomic mass is 10.2. The van der Waals surface area contributed by atoms with Crippen LogP contribution in [0.5, 0.6) is 0 Å². The van der Waals surface area contributed by atoms with Gasteiger partial charge in [-0.15, -0.1) is 10.2 Å². The molecule has 2 heterocycles. The van der Waals surface area contributed by atoms with E-state index in [4.69, 9.17) is 0 Å². The molecule has 6 heteroatoms. The lowest BCUT2D eigenvalue weighted by Crippen LogP contribution is -2.12. The van der Waals surface area contributed by atoms with Crippen LogP contribution < -0.4 is 5.32 Å². The molecule has 3 rings (SSSR count). The minimum atomic E-state index is -0.108. The van der Waals surface area contributed by atoms with E-state index in [1.807, 2.05) is 49.4 Å². The van der Waals surface area contributed by atoms with Gasteiger partial charge in [0.05, 0.1) is 0 Å². The average molecular weight is 286 g/mol. The predicted octanol–water partition coefficient (Wildman–Crippen LogP) is 2.97. The van der Waals surface area contributed by atoms with E-state index in [1.54, 1.807) is 0 Å². The number of carbonyl (C=O) groups excluding carboxylic acids is 1. The van der Waals surface area contributed by atoms with Crippen molar-refractivity contribution < 1.29 is 4.79 Å². The summed E-state index contributed by atoms with van der Waals surface area (Å²) in [6.45, 7) is 5.78. The molecule has 0 saturated carbocycles. The zero-order chi connectivity index (χ0) is 14.3. The number of hydrogen-bond donors (Lipinski definition) is 1. The Morgan fingerprint density at radius 2 is 2.05 bits per heavy atom. The molecule has 0 aliphatic heterocycles. The van der Waals surface area contributed by atoms with Gasteiger partial charge in [0.25, 0.3) is 5.91 Å². The number of fused-ring (bicyclic) bond motifs is 1. The molecule has 0 saturated heterocycles. The smallest absolute Gasteiger partial charge is 0.267 e. The number of nitrogens with zero attached hydrogens (tertiary/aromatic N) is 3. The van der Waals surface area contributed by atoms with Crippen molar-refractivity contribution in [2.45, 2.75) is 20.8 Å². The van der Waals surface area contributed by atoms with Crippen LogP contribution in [0.25, 0.3) is 4.96 Å². The summed E-state index contributed by atoms with van der Waals surface area (Å²) in [6.07, 6.45) is 0. The highest BCUT2D eigenvalue weighted by atomic mass is 32.1. The lowest BCUT2D eigenvalue weighted by molar-refractivity contribution is 0.102. The Morgan fingerprint density at radius 1 is 1.25 bits per heavy atom.